The third-order valence-corrected chi connectivity index (χ3v) is 33.8. The maximum absolute atomic E-state index is 12.7. The fraction of sp³-hybridized carbons (Fsp3) is 0.935. The van der Waals surface area contributed by atoms with Crippen LogP contribution in [0.3, 0.4) is 0 Å². The Labute approximate surface area is 539 Å². The number of aliphatic hydroxyl groups is 2. The second-order valence-corrected chi connectivity index (χ2v) is 40.5. The van der Waals surface area contributed by atoms with Crippen molar-refractivity contribution >= 4 is 14.1 Å². The van der Waals surface area contributed by atoms with Gasteiger partial charge in [-0.25, -0.2) is 0 Å². The summed E-state index contributed by atoms with van der Waals surface area (Å²) in [6, 6.07) is 0. The highest BCUT2D eigenvalue weighted by Crippen LogP contribution is 2.72. The third-order valence-electron chi connectivity index (χ3n) is 29.3. The van der Waals surface area contributed by atoms with Gasteiger partial charge in [-0.05, 0) is 262 Å². The minimum absolute atomic E-state index is 0. The van der Waals surface area contributed by atoms with Crippen molar-refractivity contribution in [2.45, 2.75) is 346 Å². The number of carbonyl (C=O) groups is 1. The number of carbonyl (C=O) groups excluding carboxylic acids is 1. The van der Waals surface area contributed by atoms with E-state index < -0.39 is 25.7 Å². The van der Waals surface area contributed by atoms with Crippen LogP contribution in [0.15, 0.2) is 24.3 Å². The van der Waals surface area contributed by atoms with Crippen molar-refractivity contribution < 1.29 is 47.9 Å². The van der Waals surface area contributed by atoms with Gasteiger partial charge >= 0.3 is 0 Å². The monoisotopic (exact) mass is 1250 g/mol. The summed E-state index contributed by atoms with van der Waals surface area (Å²) < 4.78 is 46.8. The van der Waals surface area contributed by atoms with E-state index in [2.05, 4.69) is 141 Å². The molecular weight excluding hydrogens is 1110 g/mol. The molecule has 0 aromatic carbocycles. The Kier molecular flexibility index (Phi) is 19.7. The zero-order chi connectivity index (χ0) is 61.3. The summed E-state index contributed by atoms with van der Waals surface area (Å²) in [5, 5.41) is 18.6. The first-order chi connectivity index (χ1) is 39.6. The molecular formula is C77H134O10Si. The van der Waals surface area contributed by atoms with Gasteiger partial charge in [0.1, 0.15) is 5.78 Å². The van der Waals surface area contributed by atoms with Crippen molar-refractivity contribution in [1.29, 1.82) is 0 Å². The van der Waals surface area contributed by atoms with E-state index in [-0.39, 0.29) is 92.9 Å². The van der Waals surface area contributed by atoms with Crippen molar-refractivity contribution in [3.63, 3.8) is 0 Å². The van der Waals surface area contributed by atoms with Gasteiger partial charge in [0.15, 0.2) is 25.7 Å². The summed E-state index contributed by atoms with van der Waals surface area (Å²) in [7, 11) is -1.79. The van der Waals surface area contributed by atoms with Crippen molar-refractivity contribution in [2.75, 3.05) is 6.61 Å². The predicted molar refractivity (Wildman–Crippen MR) is 359 cm³/mol. The second kappa shape index (κ2) is 24.3. The molecule has 0 aromatic heterocycles. The van der Waals surface area contributed by atoms with Crippen LogP contribution in [0.5, 0.6) is 0 Å². The number of fused-ring (bicyclic) bond motifs is 24. The lowest BCUT2D eigenvalue weighted by Crippen LogP contribution is -2.62. The lowest BCUT2D eigenvalue weighted by atomic mass is 9.44. The average molecular weight is 1250 g/mol. The molecule has 10 saturated carbocycles. The van der Waals surface area contributed by atoms with Gasteiger partial charge in [0.05, 0.1) is 48.8 Å². The molecule has 3 heterocycles. The average Bonchev–Trinajstić information content (AvgIpc) is 1.65. The molecule has 12 unspecified atom stereocenters. The molecule has 3 aliphatic heterocycles. The van der Waals surface area contributed by atoms with Crippen molar-refractivity contribution in [1.82, 2.24) is 0 Å². The van der Waals surface area contributed by atoms with E-state index in [1.807, 2.05) is 0 Å². The maximum atomic E-state index is 12.7. The molecule has 3 saturated heterocycles. The van der Waals surface area contributed by atoms with Crippen LogP contribution >= 0.6 is 0 Å². The molecule has 0 amide bonds. The molecule has 88 heavy (non-hydrogen) atoms. The lowest BCUT2D eigenvalue weighted by Gasteiger charge is -2.62. The fourth-order valence-corrected chi connectivity index (χ4v) is 25.6. The molecule has 0 spiro atoms. The predicted octanol–water partition coefficient (Wildman–Crippen LogP) is 18.3. The topological polar surface area (TPSA) is 122 Å². The molecule has 2 N–H and O–H groups in total. The molecule has 0 radical (unpaired) electrons. The van der Waals surface area contributed by atoms with Gasteiger partial charge in [0.25, 0.3) is 0 Å². The number of hydrogen-bond donors (Lipinski definition) is 2. The highest BCUT2D eigenvalue weighted by molar-refractivity contribution is 6.74. The SMILES string of the molecule is C.C.C.CC1(C)O[C@@H]2C3C(CC[C@@]4(C)C3CC[C@@H]4O)[C@@]3(C)CCC=CC3[C@H]2O1.CC1(C)O[C@@H]2C3C(CC[C@@]4(C)C3CC[C@@H]4O[Si](C)(C)C(C)(C)C)[C@@]3(C)CCC=CC3[C@H]2O1.CC1(C)O[C@@H]2C3C(CC[C@]4(C)C(=O)CCC34)[C@@]3(C)CCCCC3[C@H]2O1.CCO. The maximum Gasteiger partial charge on any atom is 0.192 e. The number of aliphatic hydroxyl groups excluding tert-OH is 2. The quantitative estimate of drug-likeness (QED) is 0.204. The summed E-state index contributed by atoms with van der Waals surface area (Å²) in [5.41, 5.74) is 1.28. The number of hydrogen-bond acceptors (Lipinski definition) is 10. The Morgan fingerprint density at radius 3 is 1.43 bits per heavy atom. The highest BCUT2D eigenvalue weighted by atomic mass is 28.4. The van der Waals surface area contributed by atoms with Crippen LogP contribution in [0.1, 0.15) is 261 Å². The van der Waals surface area contributed by atoms with Gasteiger partial charge in [-0.1, -0.05) is 122 Å². The van der Waals surface area contributed by atoms with E-state index in [9.17, 15) is 9.90 Å². The van der Waals surface area contributed by atoms with Crippen molar-refractivity contribution in [3.05, 3.63) is 24.3 Å². The molecule has 506 valence electrons. The molecule has 10 nitrogen and oxygen atoms in total. The third kappa shape index (κ3) is 11.1. The smallest absolute Gasteiger partial charge is 0.192 e. The summed E-state index contributed by atoms with van der Waals surface area (Å²) in [6.45, 7) is 41.4. The number of rotatable bonds is 2. The van der Waals surface area contributed by atoms with Crippen LogP contribution in [-0.2, 0) is 37.6 Å². The van der Waals surface area contributed by atoms with Crippen LogP contribution in [0, 0.1) is 104 Å². The molecule has 11 heteroatoms. The molecule has 13 fully saturated rings. The van der Waals surface area contributed by atoms with Gasteiger partial charge < -0.3 is 43.1 Å². The van der Waals surface area contributed by atoms with E-state index in [1.54, 1.807) is 6.92 Å². The van der Waals surface area contributed by atoms with E-state index in [0.29, 0.717) is 93.2 Å². The number of ketones is 1. The minimum Gasteiger partial charge on any atom is -0.413 e. The minimum atomic E-state index is -1.79. The molecule has 26 atom stereocenters. The fourth-order valence-electron chi connectivity index (χ4n) is 24.2. The van der Waals surface area contributed by atoms with Crippen LogP contribution in [0.2, 0.25) is 18.1 Å². The van der Waals surface area contributed by atoms with E-state index >= 15 is 0 Å². The molecule has 0 aromatic rings. The van der Waals surface area contributed by atoms with Gasteiger partial charge in [-0.2, -0.15) is 0 Å². The van der Waals surface area contributed by atoms with E-state index in [4.69, 9.17) is 38.0 Å². The molecule has 15 aliphatic rings. The van der Waals surface area contributed by atoms with Crippen molar-refractivity contribution in [3.8, 4) is 0 Å². The van der Waals surface area contributed by atoms with E-state index in [1.165, 1.54) is 96.3 Å². The highest BCUT2D eigenvalue weighted by Gasteiger charge is 2.72. The number of Topliss-reactive ketones (excluding diaryl/α,β-unsaturated/α-hetero) is 1. The van der Waals surface area contributed by atoms with Crippen LogP contribution in [-0.4, -0.2) is 97.1 Å². The van der Waals surface area contributed by atoms with Gasteiger partial charge in [-0.3, -0.25) is 4.79 Å². The first kappa shape index (κ1) is 71.3. The Hall–Kier alpha value is -0.993. The number of ether oxygens (including phenoxy) is 6. The zero-order valence-electron chi connectivity index (χ0n) is 56.9. The Balaban J connectivity index is 0.000000152. The lowest BCUT2D eigenvalue weighted by molar-refractivity contribution is -0.177. The molecule has 12 aliphatic carbocycles. The van der Waals surface area contributed by atoms with Crippen LogP contribution < -0.4 is 0 Å². The Morgan fingerprint density at radius 2 is 0.909 bits per heavy atom. The normalized spacial score (nSPS) is 51.2. The van der Waals surface area contributed by atoms with E-state index in [0.717, 1.165) is 38.0 Å². The van der Waals surface area contributed by atoms with Crippen LogP contribution in [0.4, 0.5) is 0 Å². The van der Waals surface area contributed by atoms with Gasteiger partial charge in [0, 0.05) is 30.3 Å². The summed E-state index contributed by atoms with van der Waals surface area (Å²) in [5.74, 6) is 6.25. The first-order valence-corrected chi connectivity index (χ1v) is 38.4. The van der Waals surface area contributed by atoms with Crippen LogP contribution in [0.25, 0.3) is 0 Å². The largest absolute Gasteiger partial charge is 0.413 e. The Morgan fingerprint density at radius 1 is 0.489 bits per heavy atom. The molecule has 0 bridgehead atoms. The van der Waals surface area contributed by atoms with Gasteiger partial charge in [-0.15, -0.1) is 0 Å². The van der Waals surface area contributed by atoms with Gasteiger partial charge in [0.2, 0.25) is 0 Å². The first-order valence-electron chi connectivity index (χ1n) is 35.5. The summed E-state index contributed by atoms with van der Waals surface area (Å²) in [4.78, 5) is 12.7. The Bertz CT molecular complexity index is 2530. The summed E-state index contributed by atoms with van der Waals surface area (Å²) in [6.07, 6.45) is 35.4. The summed E-state index contributed by atoms with van der Waals surface area (Å²) >= 11 is 0. The molecule has 15 rings (SSSR count). The number of allylic oxidation sites excluding steroid dienone is 2. The van der Waals surface area contributed by atoms with Crippen molar-refractivity contribution in [2.24, 2.45) is 104 Å². The standard InChI is InChI=1S/C28H48O3Si.2C22H34O3.C2H6O.3CH4/c1-25(2,3)32(8,9)31-21-14-13-18-22-19(15-17-28(18,21)7)27(6)16-11-10-12-20(27)23-24(22)30-26(4,5)29-23;2*1-20(2)24-18-15-7-5-6-11-21(15,3)14-10-12-22(4)13(8-9-16(22)23)17(14)19(18)25-20;1-2-3;;;/h10,12,18-24H,11,13-17H2,1-9H3;13-15,17-19H,5-12H2,1-4H3;5,7,13-19,23H,6,8-12H2,1-4H3;3H,2H2,1H3;3*1H4/t18?,19?,20?,21-,22?,23+,24+,27+,28-;13?,14?,15?,17?,18-,19-,21-,22+;13?,14?,15?,16-,17?,18+,19+,21+,22-;;;;/m010..../s1. The second-order valence-electron chi connectivity index (χ2n) is 35.8. The zero-order valence-corrected chi connectivity index (χ0v) is 57.9.